The first-order chi connectivity index (χ1) is 13.1. The molecule has 8 nitrogen and oxygen atoms in total. The zero-order valence-corrected chi connectivity index (χ0v) is 15.2. The summed E-state index contributed by atoms with van der Waals surface area (Å²) in [5, 5.41) is 10.4. The Morgan fingerprint density at radius 3 is 2.52 bits per heavy atom. The van der Waals surface area contributed by atoms with Crippen LogP contribution in [0.25, 0.3) is 11.5 Å². The van der Waals surface area contributed by atoms with Crippen molar-refractivity contribution in [3.8, 4) is 28.7 Å². The molecule has 0 unspecified atom stereocenters. The van der Waals surface area contributed by atoms with Gasteiger partial charge in [0.15, 0.2) is 0 Å². The van der Waals surface area contributed by atoms with Crippen molar-refractivity contribution in [1.82, 2.24) is 10.2 Å². The minimum absolute atomic E-state index is 0.00997. The molecular weight excluding hydrogens is 350 g/mol. The predicted octanol–water partition coefficient (Wildman–Crippen LogP) is 2.94. The van der Waals surface area contributed by atoms with E-state index in [0.29, 0.717) is 22.8 Å². The van der Waals surface area contributed by atoms with Gasteiger partial charge in [-0.3, -0.25) is 10.1 Å². The van der Waals surface area contributed by atoms with E-state index in [1.54, 1.807) is 38.5 Å². The van der Waals surface area contributed by atoms with Gasteiger partial charge in [0, 0.05) is 6.07 Å². The molecule has 0 spiro atoms. The molecule has 0 aliphatic heterocycles. The summed E-state index contributed by atoms with van der Waals surface area (Å²) < 4.78 is 21.2. The number of carbonyl (C=O) groups excluding carboxylic acids is 1. The molecule has 0 saturated carbocycles. The summed E-state index contributed by atoms with van der Waals surface area (Å²) in [6, 6.07) is 12.5. The number of aromatic nitrogens is 2. The summed E-state index contributed by atoms with van der Waals surface area (Å²) in [4.78, 5) is 12.2. The number of carbonyl (C=O) groups is 1. The van der Waals surface area contributed by atoms with Crippen LogP contribution in [-0.4, -0.2) is 37.4 Å². The Morgan fingerprint density at radius 1 is 1.00 bits per heavy atom. The monoisotopic (exact) mass is 369 g/mol. The summed E-state index contributed by atoms with van der Waals surface area (Å²) in [6.07, 6.45) is 0.154. The Labute approximate surface area is 156 Å². The lowest BCUT2D eigenvalue weighted by Crippen LogP contribution is -2.14. The molecule has 27 heavy (non-hydrogen) atoms. The average molecular weight is 369 g/mol. The zero-order chi connectivity index (χ0) is 19.2. The minimum Gasteiger partial charge on any atom is -0.497 e. The maximum atomic E-state index is 12.2. The number of hydrogen-bond donors (Lipinski definition) is 1. The van der Waals surface area contributed by atoms with Crippen molar-refractivity contribution in [2.24, 2.45) is 0 Å². The van der Waals surface area contributed by atoms with E-state index in [4.69, 9.17) is 18.6 Å². The van der Waals surface area contributed by atoms with Crippen molar-refractivity contribution < 1.29 is 23.4 Å². The van der Waals surface area contributed by atoms with Gasteiger partial charge < -0.3 is 18.6 Å². The van der Waals surface area contributed by atoms with E-state index < -0.39 is 0 Å². The first-order valence-electron chi connectivity index (χ1n) is 8.11. The first-order valence-corrected chi connectivity index (χ1v) is 8.11. The molecule has 0 aliphatic carbocycles. The van der Waals surface area contributed by atoms with Gasteiger partial charge in [-0.15, -0.1) is 5.10 Å². The van der Waals surface area contributed by atoms with Crippen LogP contribution in [0.1, 0.15) is 5.56 Å². The third kappa shape index (κ3) is 4.35. The van der Waals surface area contributed by atoms with Crippen molar-refractivity contribution in [1.29, 1.82) is 0 Å². The van der Waals surface area contributed by atoms with E-state index in [2.05, 4.69) is 15.5 Å². The number of hydrogen-bond acceptors (Lipinski definition) is 7. The molecule has 8 heteroatoms. The number of nitrogens with one attached hydrogen (secondary N) is 1. The van der Waals surface area contributed by atoms with E-state index >= 15 is 0 Å². The molecule has 1 amide bonds. The van der Waals surface area contributed by atoms with Crippen molar-refractivity contribution in [2.45, 2.75) is 6.42 Å². The highest BCUT2D eigenvalue weighted by molar-refractivity contribution is 5.90. The lowest BCUT2D eigenvalue weighted by atomic mass is 10.1. The molecule has 0 saturated heterocycles. The maximum absolute atomic E-state index is 12.2. The molecule has 3 rings (SSSR count). The Morgan fingerprint density at radius 2 is 1.78 bits per heavy atom. The normalized spacial score (nSPS) is 10.3. The van der Waals surface area contributed by atoms with E-state index in [0.717, 1.165) is 5.56 Å². The topological polar surface area (TPSA) is 95.7 Å². The standard InChI is InChI=1S/C19H19N3O5/c1-24-13-6-4-5-12(9-13)10-17(23)20-19-22-21-18(27-19)15-8-7-14(25-2)11-16(15)26-3/h4-9,11H,10H2,1-3H3,(H,20,22,23). The molecule has 1 N–H and O–H groups in total. The molecule has 3 aromatic rings. The SMILES string of the molecule is COc1cccc(CC(=O)Nc2nnc(-c3ccc(OC)cc3OC)o2)c1. The predicted molar refractivity (Wildman–Crippen MR) is 98.2 cm³/mol. The Balaban J connectivity index is 1.71. The van der Waals surface area contributed by atoms with E-state index in [9.17, 15) is 4.79 Å². The minimum atomic E-state index is -0.278. The van der Waals surface area contributed by atoms with Gasteiger partial charge in [-0.05, 0) is 29.8 Å². The maximum Gasteiger partial charge on any atom is 0.322 e. The second-order valence-corrected chi connectivity index (χ2v) is 5.56. The molecule has 1 heterocycles. The van der Waals surface area contributed by atoms with Gasteiger partial charge in [-0.25, -0.2) is 0 Å². The third-order valence-electron chi connectivity index (χ3n) is 3.81. The lowest BCUT2D eigenvalue weighted by molar-refractivity contribution is -0.115. The number of amides is 1. The van der Waals surface area contributed by atoms with Crippen molar-refractivity contribution >= 4 is 11.9 Å². The van der Waals surface area contributed by atoms with Gasteiger partial charge in [0.2, 0.25) is 5.91 Å². The van der Waals surface area contributed by atoms with Gasteiger partial charge >= 0.3 is 6.01 Å². The molecule has 0 atom stereocenters. The van der Waals surface area contributed by atoms with Crippen LogP contribution in [0.2, 0.25) is 0 Å². The fourth-order valence-corrected chi connectivity index (χ4v) is 2.49. The van der Waals surface area contributed by atoms with Gasteiger partial charge in [-0.2, -0.15) is 0 Å². The smallest absolute Gasteiger partial charge is 0.322 e. The molecule has 1 aromatic heterocycles. The molecule has 0 radical (unpaired) electrons. The Kier molecular flexibility index (Phi) is 5.55. The molecular formula is C19H19N3O5. The largest absolute Gasteiger partial charge is 0.497 e. The van der Waals surface area contributed by atoms with Crippen LogP contribution in [0, 0.1) is 0 Å². The average Bonchev–Trinajstić information content (AvgIpc) is 3.15. The van der Waals surface area contributed by atoms with Crippen LogP contribution in [0.3, 0.4) is 0 Å². The van der Waals surface area contributed by atoms with Crippen LogP contribution >= 0.6 is 0 Å². The van der Waals surface area contributed by atoms with Crippen LogP contribution in [-0.2, 0) is 11.2 Å². The van der Waals surface area contributed by atoms with E-state index in [1.807, 2.05) is 18.2 Å². The van der Waals surface area contributed by atoms with Crippen molar-refractivity contribution in [3.05, 3.63) is 48.0 Å². The summed E-state index contributed by atoms with van der Waals surface area (Å²) in [5.74, 6) is 1.80. The van der Waals surface area contributed by atoms with Gasteiger partial charge in [-0.1, -0.05) is 17.2 Å². The zero-order valence-electron chi connectivity index (χ0n) is 15.2. The summed E-state index contributed by atoms with van der Waals surface area (Å²) in [5.41, 5.74) is 1.41. The van der Waals surface area contributed by atoms with Gasteiger partial charge in [0.1, 0.15) is 17.2 Å². The number of ether oxygens (including phenoxy) is 3. The fourth-order valence-electron chi connectivity index (χ4n) is 2.49. The molecule has 0 aliphatic rings. The number of anilines is 1. The highest BCUT2D eigenvalue weighted by Crippen LogP contribution is 2.33. The van der Waals surface area contributed by atoms with Crippen LogP contribution in [0.4, 0.5) is 6.01 Å². The summed E-state index contributed by atoms with van der Waals surface area (Å²) >= 11 is 0. The van der Waals surface area contributed by atoms with Crippen molar-refractivity contribution in [3.63, 3.8) is 0 Å². The second kappa shape index (κ2) is 8.22. The Bertz CT molecular complexity index is 939. The van der Waals surface area contributed by atoms with Crippen LogP contribution in [0.15, 0.2) is 46.9 Å². The number of rotatable bonds is 7. The summed E-state index contributed by atoms with van der Waals surface area (Å²) in [6.45, 7) is 0. The lowest BCUT2D eigenvalue weighted by Gasteiger charge is -2.07. The van der Waals surface area contributed by atoms with Gasteiger partial charge in [0.25, 0.3) is 5.89 Å². The van der Waals surface area contributed by atoms with Gasteiger partial charge in [0.05, 0.1) is 33.3 Å². The third-order valence-corrected chi connectivity index (χ3v) is 3.81. The van der Waals surface area contributed by atoms with E-state index in [1.165, 1.54) is 7.11 Å². The second-order valence-electron chi connectivity index (χ2n) is 5.56. The number of nitrogens with zero attached hydrogens (tertiary/aromatic N) is 2. The Hall–Kier alpha value is -3.55. The quantitative estimate of drug-likeness (QED) is 0.684. The highest BCUT2D eigenvalue weighted by Gasteiger charge is 2.16. The fraction of sp³-hybridized carbons (Fsp3) is 0.211. The van der Waals surface area contributed by atoms with Crippen molar-refractivity contribution in [2.75, 3.05) is 26.6 Å². The first kappa shape index (κ1) is 18.2. The number of benzene rings is 2. The molecule has 140 valence electrons. The van der Waals surface area contributed by atoms with Crippen LogP contribution < -0.4 is 19.5 Å². The van der Waals surface area contributed by atoms with E-state index in [-0.39, 0.29) is 24.2 Å². The molecule has 2 aromatic carbocycles. The summed E-state index contributed by atoms with van der Waals surface area (Å²) in [7, 11) is 4.68. The molecule has 0 fully saturated rings. The van der Waals surface area contributed by atoms with Crippen LogP contribution in [0.5, 0.6) is 17.2 Å². The molecule has 0 bridgehead atoms. The number of methoxy groups -OCH3 is 3. The highest BCUT2D eigenvalue weighted by atomic mass is 16.5.